The van der Waals surface area contributed by atoms with Crippen LogP contribution in [0.2, 0.25) is 0 Å². The van der Waals surface area contributed by atoms with E-state index >= 15 is 0 Å². The zero-order valence-electron chi connectivity index (χ0n) is 10.3. The normalized spacial score (nSPS) is 17.4. The number of hydrogen-bond donors (Lipinski definition) is 1. The molecule has 0 bridgehead atoms. The van der Waals surface area contributed by atoms with E-state index in [0.717, 1.165) is 31.0 Å². The van der Waals surface area contributed by atoms with Crippen LogP contribution in [0.15, 0.2) is 18.2 Å². The molecule has 1 aliphatic heterocycles. The molecule has 1 fully saturated rings. The zero-order valence-corrected chi connectivity index (χ0v) is 10.3. The van der Waals surface area contributed by atoms with Crippen LogP contribution < -0.4 is 0 Å². The van der Waals surface area contributed by atoms with Gasteiger partial charge < -0.3 is 4.98 Å². The second-order valence-electron chi connectivity index (χ2n) is 4.90. The van der Waals surface area contributed by atoms with Crippen LogP contribution in [0.4, 0.5) is 13.2 Å². The van der Waals surface area contributed by atoms with Crippen LogP contribution in [-0.2, 0) is 12.7 Å². The van der Waals surface area contributed by atoms with Crippen molar-refractivity contribution in [2.24, 2.45) is 0 Å². The van der Waals surface area contributed by atoms with Gasteiger partial charge in [0.05, 0.1) is 23.1 Å². The average molecular weight is 269 g/mol. The highest BCUT2D eigenvalue weighted by Gasteiger charge is 2.30. The Hall–Kier alpha value is -1.56. The minimum Gasteiger partial charge on any atom is -0.341 e. The third-order valence-corrected chi connectivity index (χ3v) is 3.43. The number of aromatic nitrogens is 2. The fourth-order valence-electron chi connectivity index (χ4n) is 2.47. The third kappa shape index (κ3) is 2.58. The number of nitrogens with zero attached hydrogens (tertiary/aromatic N) is 2. The van der Waals surface area contributed by atoms with E-state index in [9.17, 15) is 13.2 Å². The van der Waals surface area contributed by atoms with Gasteiger partial charge in [-0.3, -0.25) is 4.90 Å². The molecule has 1 saturated heterocycles. The molecule has 0 radical (unpaired) electrons. The molecule has 1 N–H and O–H groups in total. The van der Waals surface area contributed by atoms with Crippen LogP contribution in [0.5, 0.6) is 0 Å². The Morgan fingerprint density at radius 1 is 1.21 bits per heavy atom. The summed E-state index contributed by atoms with van der Waals surface area (Å²) in [5.74, 6) is 0.733. The van der Waals surface area contributed by atoms with E-state index in [1.165, 1.54) is 18.9 Å². The quantitative estimate of drug-likeness (QED) is 0.908. The van der Waals surface area contributed by atoms with Crippen LogP contribution in [0.3, 0.4) is 0 Å². The lowest BCUT2D eigenvalue weighted by Gasteiger charge is -2.11. The van der Waals surface area contributed by atoms with E-state index in [-0.39, 0.29) is 0 Å². The summed E-state index contributed by atoms with van der Waals surface area (Å²) in [5, 5.41) is 0. The fourth-order valence-corrected chi connectivity index (χ4v) is 2.47. The van der Waals surface area contributed by atoms with Crippen molar-refractivity contribution in [3.8, 4) is 0 Å². The van der Waals surface area contributed by atoms with E-state index in [4.69, 9.17) is 0 Å². The number of likely N-dealkylation sites (tertiary alicyclic amines) is 1. The molecule has 0 spiro atoms. The summed E-state index contributed by atoms with van der Waals surface area (Å²) < 4.78 is 37.8. The molecule has 0 amide bonds. The summed E-state index contributed by atoms with van der Waals surface area (Å²) in [6, 6.07) is 3.61. The molecule has 1 aromatic heterocycles. The topological polar surface area (TPSA) is 31.9 Å². The molecule has 102 valence electrons. The number of nitrogens with one attached hydrogen (secondary N) is 1. The molecule has 0 aliphatic carbocycles. The molecule has 2 aromatic rings. The molecule has 3 rings (SSSR count). The van der Waals surface area contributed by atoms with Crippen LogP contribution in [-0.4, -0.2) is 28.0 Å². The number of H-pyrrole nitrogens is 1. The van der Waals surface area contributed by atoms with Gasteiger partial charge in [0.25, 0.3) is 0 Å². The molecule has 0 unspecified atom stereocenters. The van der Waals surface area contributed by atoms with Crippen molar-refractivity contribution in [1.82, 2.24) is 14.9 Å². The summed E-state index contributed by atoms with van der Waals surface area (Å²) >= 11 is 0. The van der Waals surface area contributed by atoms with E-state index in [1.54, 1.807) is 0 Å². The number of benzene rings is 1. The lowest BCUT2D eigenvalue weighted by molar-refractivity contribution is -0.137. The van der Waals surface area contributed by atoms with Gasteiger partial charge in [-0.1, -0.05) is 0 Å². The maximum Gasteiger partial charge on any atom is 0.416 e. The highest BCUT2D eigenvalue weighted by atomic mass is 19.4. The first kappa shape index (κ1) is 12.5. The maximum atomic E-state index is 12.6. The first-order valence-electron chi connectivity index (χ1n) is 6.30. The van der Waals surface area contributed by atoms with Gasteiger partial charge in [-0.2, -0.15) is 13.2 Å². The second-order valence-corrected chi connectivity index (χ2v) is 4.90. The van der Waals surface area contributed by atoms with Crippen molar-refractivity contribution in [3.63, 3.8) is 0 Å². The SMILES string of the molecule is FC(F)(F)c1ccc2nc(CN3CCCC3)[nH]c2c1. The Labute approximate surface area is 108 Å². The Morgan fingerprint density at radius 3 is 2.63 bits per heavy atom. The number of fused-ring (bicyclic) bond motifs is 1. The molecule has 2 heterocycles. The van der Waals surface area contributed by atoms with Crippen molar-refractivity contribution in [1.29, 1.82) is 0 Å². The highest BCUT2D eigenvalue weighted by Crippen LogP contribution is 2.30. The van der Waals surface area contributed by atoms with Gasteiger partial charge in [-0.05, 0) is 44.1 Å². The van der Waals surface area contributed by atoms with Crippen LogP contribution in [0.25, 0.3) is 11.0 Å². The number of rotatable bonds is 2. The summed E-state index contributed by atoms with van der Waals surface area (Å²) in [5.41, 5.74) is 0.391. The molecular formula is C13H14F3N3. The van der Waals surface area contributed by atoms with Crippen molar-refractivity contribution in [2.75, 3.05) is 13.1 Å². The highest BCUT2D eigenvalue weighted by molar-refractivity contribution is 5.76. The van der Waals surface area contributed by atoms with Crippen LogP contribution in [0, 0.1) is 0 Å². The van der Waals surface area contributed by atoms with Crippen LogP contribution in [0.1, 0.15) is 24.2 Å². The minimum absolute atomic E-state index is 0.448. The van der Waals surface area contributed by atoms with Crippen molar-refractivity contribution >= 4 is 11.0 Å². The average Bonchev–Trinajstić information content (AvgIpc) is 2.95. The van der Waals surface area contributed by atoms with Crippen molar-refractivity contribution in [2.45, 2.75) is 25.6 Å². The predicted molar refractivity (Wildman–Crippen MR) is 65.6 cm³/mol. The number of halogens is 3. The lowest BCUT2D eigenvalue weighted by Crippen LogP contribution is -2.19. The fraction of sp³-hybridized carbons (Fsp3) is 0.462. The third-order valence-electron chi connectivity index (χ3n) is 3.43. The molecular weight excluding hydrogens is 255 g/mol. The Morgan fingerprint density at radius 2 is 1.95 bits per heavy atom. The molecule has 6 heteroatoms. The summed E-state index contributed by atoms with van der Waals surface area (Å²) in [6.07, 6.45) is -1.95. The van der Waals surface area contributed by atoms with E-state index in [0.29, 0.717) is 17.6 Å². The van der Waals surface area contributed by atoms with Gasteiger partial charge in [-0.15, -0.1) is 0 Å². The standard InChI is InChI=1S/C13H14F3N3/c14-13(15,16)9-3-4-10-11(7-9)18-12(17-10)8-19-5-1-2-6-19/h3-4,7H,1-2,5-6,8H2,(H,17,18). The summed E-state index contributed by atoms with van der Waals surface area (Å²) in [4.78, 5) is 9.57. The zero-order chi connectivity index (χ0) is 13.5. The molecule has 0 atom stereocenters. The number of imidazole rings is 1. The maximum absolute atomic E-state index is 12.6. The Bertz CT molecular complexity index is 582. The van der Waals surface area contributed by atoms with Gasteiger partial charge in [0.2, 0.25) is 0 Å². The Kier molecular flexibility index (Phi) is 2.97. The number of hydrogen-bond acceptors (Lipinski definition) is 2. The first-order valence-corrected chi connectivity index (χ1v) is 6.30. The first-order chi connectivity index (χ1) is 9.02. The molecule has 3 nitrogen and oxygen atoms in total. The molecule has 19 heavy (non-hydrogen) atoms. The smallest absolute Gasteiger partial charge is 0.341 e. The molecule has 1 aromatic carbocycles. The van der Waals surface area contributed by atoms with Gasteiger partial charge in [0.15, 0.2) is 0 Å². The number of alkyl halides is 3. The summed E-state index contributed by atoms with van der Waals surface area (Å²) in [6.45, 7) is 2.74. The van der Waals surface area contributed by atoms with Crippen molar-refractivity contribution in [3.05, 3.63) is 29.6 Å². The van der Waals surface area contributed by atoms with E-state index in [1.807, 2.05) is 0 Å². The summed E-state index contributed by atoms with van der Waals surface area (Å²) in [7, 11) is 0. The monoisotopic (exact) mass is 269 g/mol. The van der Waals surface area contributed by atoms with Crippen LogP contribution >= 0.6 is 0 Å². The lowest BCUT2D eigenvalue weighted by atomic mass is 10.2. The van der Waals surface area contributed by atoms with Crippen molar-refractivity contribution < 1.29 is 13.2 Å². The molecule has 0 saturated carbocycles. The van der Waals surface area contributed by atoms with Gasteiger partial charge in [-0.25, -0.2) is 4.98 Å². The minimum atomic E-state index is -4.31. The van der Waals surface area contributed by atoms with E-state index in [2.05, 4.69) is 14.9 Å². The van der Waals surface area contributed by atoms with E-state index < -0.39 is 11.7 Å². The largest absolute Gasteiger partial charge is 0.416 e. The number of aromatic amines is 1. The predicted octanol–water partition coefficient (Wildman–Crippen LogP) is 3.18. The second kappa shape index (κ2) is 4.52. The Balaban J connectivity index is 1.87. The van der Waals surface area contributed by atoms with Gasteiger partial charge in [0.1, 0.15) is 5.82 Å². The van der Waals surface area contributed by atoms with Gasteiger partial charge >= 0.3 is 6.18 Å². The molecule has 1 aliphatic rings. The van der Waals surface area contributed by atoms with Gasteiger partial charge in [0, 0.05) is 0 Å².